The molecule has 2 heterocycles. The van der Waals surface area contributed by atoms with Crippen LogP contribution in [-0.4, -0.2) is 4.57 Å². The summed E-state index contributed by atoms with van der Waals surface area (Å²) < 4.78 is 9.30. The Labute approximate surface area is 198 Å². The topological polar surface area (TPSA) is 47.5 Å². The van der Waals surface area contributed by atoms with Crippen molar-refractivity contribution in [2.75, 3.05) is 0 Å². The molecule has 5 rings (SSSR count). The Hall–Kier alpha value is -2.74. The molecule has 31 heavy (non-hydrogen) atoms. The summed E-state index contributed by atoms with van der Waals surface area (Å²) in [6.45, 7) is 0. The van der Waals surface area contributed by atoms with Crippen molar-refractivity contribution in [1.82, 2.24) is 4.57 Å². The van der Waals surface area contributed by atoms with Crippen LogP contribution in [0, 0.1) is 0 Å². The lowest BCUT2D eigenvalue weighted by atomic mass is 10.1. The molecule has 0 bridgehead atoms. The molecule has 3 aromatic carbocycles. The molecule has 4 nitrogen and oxygen atoms in total. The third-order valence-electron chi connectivity index (χ3n) is 4.73. The van der Waals surface area contributed by atoms with Crippen molar-refractivity contribution in [1.29, 1.82) is 0 Å². The number of halogens is 2. The Kier molecular flexibility index (Phi) is 5.48. The molecule has 7 heteroatoms. The third-order valence-corrected chi connectivity index (χ3v) is 6.60. The number of hydrogen-bond donors (Lipinski definition) is 0. The van der Waals surface area contributed by atoms with Gasteiger partial charge in [-0.2, -0.15) is 0 Å². The highest BCUT2D eigenvalue weighted by atomic mass is 79.9. The zero-order valence-electron chi connectivity index (χ0n) is 16.0. The van der Waals surface area contributed by atoms with E-state index in [9.17, 15) is 4.79 Å². The zero-order chi connectivity index (χ0) is 21.4. The van der Waals surface area contributed by atoms with Gasteiger partial charge in [-0.25, -0.2) is 9.79 Å². The van der Waals surface area contributed by atoms with Crippen LogP contribution in [0.4, 0.5) is 5.69 Å². The van der Waals surface area contributed by atoms with E-state index in [1.807, 2.05) is 88.8 Å². The number of rotatable bonds is 3. The van der Waals surface area contributed by atoms with Crippen LogP contribution in [0.25, 0.3) is 27.9 Å². The number of nitrogens with zero attached hydrogens (tertiary/aromatic N) is 2. The normalized spacial score (nSPS) is 11.9. The van der Waals surface area contributed by atoms with Crippen molar-refractivity contribution in [2.45, 2.75) is 0 Å². The molecule has 0 radical (unpaired) electrons. The summed E-state index contributed by atoms with van der Waals surface area (Å²) in [5, 5.41) is 2.77. The van der Waals surface area contributed by atoms with Crippen LogP contribution in [0.5, 0.6) is 0 Å². The van der Waals surface area contributed by atoms with Crippen molar-refractivity contribution >= 4 is 59.9 Å². The highest BCUT2D eigenvalue weighted by Gasteiger charge is 2.16. The lowest BCUT2D eigenvalue weighted by molar-refractivity contribution is 0.561. The average Bonchev–Trinajstić information content (AvgIpc) is 3.18. The Morgan fingerprint density at radius 2 is 1.61 bits per heavy atom. The van der Waals surface area contributed by atoms with Crippen molar-refractivity contribution in [3.05, 3.63) is 108 Å². The van der Waals surface area contributed by atoms with E-state index < -0.39 is 5.63 Å². The third kappa shape index (κ3) is 3.96. The van der Waals surface area contributed by atoms with Gasteiger partial charge in [-0.1, -0.05) is 52.3 Å². The molecule has 2 aromatic heterocycles. The lowest BCUT2D eigenvalue weighted by Gasteiger charge is -2.09. The smallest absolute Gasteiger partial charge is 0.345 e. The fourth-order valence-corrected chi connectivity index (χ4v) is 5.61. The van der Waals surface area contributed by atoms with Crippen LogP contribution in [0.3, 0.4) is 0 Å². The van der Waals surface area contributed by atoms with Crippen molar-refractivity contribution in [3.63, 3.8) is 0 Å². The first-order valence-electron chi connectivity index (χ1n) is 9.39. The van der Waals surface area contributed by atoms with E-state index in [-0.39, 0.29) is 0 Å². The highest BCUT2D eigenvalue weighted by molar-refractivity contribution is 9.11. The molecule has 0 aliphatic rings. The van der Waals surface area contributed by atoms with Gasteiger partial charge in [0.2, 0.25) is 0 Å². The largest absolute Gasteiger partial charge is 0.421 e. The second-order valence-electron chi connectivity index (χ2n) is 6.78. The van der Waals surface area contributed by atoms with Gasteiger partial charge in [0.1, 0.15) is 0 Å². The predicted octanol–water partition coefficient (Wildman–Crippen LogP) is 7.07. The maximum atomic E-state index is 13.0. The van der Waals surface area contributed by atoms with Crippen LogP contribution in [0.2, 0.25) is 0 Å². The Morgan fingerprint density at radius 1 is 0.903 bits per heavy atom. The van der Waals surface area contributed by atoms with Gasteiger partial charge in [0.05, 0.1) is 21.4 Å². The first kappa shape index (κ1) is 20.2. The average molecular weight is 554 g/mol. The quantitative estimate of drug-likeness (QED) is 0.224. The number of benzene rings is 3. The summed E-state index contributed by atoms with van der Waals surface area (Å²) in [4.78, 5) is 18.6. The van der Waals surface area contributed by atoms with E-state index in [1.54, 1.807) is 0 Å². The molecule has 0 saturated carbocycles. The highest BCUT2D eigenvalue weighted by Crippen LogP contribution is 2.31. The van der Waals surface area contributed by atoms with Crippen molar-refractivity contribution < 1.29 is 4.42 Å². The fraction of sp³-hybridized carbons (Fsp3) is 0. The van der Waals surface area contributed by atoms with E-state index in [2.05, 4.69) is 31.9 Å². The van der Waals surface area contributed by atoms with Crippen LogP contribution in [0.15, 0.2) is 107 Å². The molecular formula is C24H14Br2N2O2S. The Balaban J connectivity index is 1.80. The van der Waals surface area contributed by atoms with Gasteiger partial charge < -0.3 is 4.42 Å². The number of hydrogen-bond acceptors (Lipinski definition) is 4. The lowest BCUT2D eigenvalue weighted by Crippen LogP contribution is -2.16. The Morgan fingerprint density at radius 3 is 2.35 bits per heavy atom. The maximum Gasteiger partial charge on any atom is 0.345 e. The second kappa shape index (κ2) is 8.42. The summed E-state index contributed by atoms with van der Waals surface area (Å²) in [7, 11) is 0. The molecule has 0 spiro atoms. The van der Waals surface area contributed by atoms with Crippen molar-refractivity contribution in [2.24, 2.45) is 4.99 Å². The van der Waals surface area contributed by atoms with E-state index in [4.69, 9.17) is 9.41 Å². The monoisotopic (exact) mass is 552 g/mol. The van der Waals surface area contributed by atoms with Gasteiger partial charge in [-0.05, 0) is 58.4 Å². The minimum atomic E-state index is -0.399. The summed E-state index contributed by atoms with van der Waals surface area (Å²) >= 11 is 8.46. The molecule has 0 unspecified atom stereocenters. The molecule has 0 saturated heterocycles. The van der Waals surface area contributed by atoms with Gasteiger partial charge in [-0.3, -0.25) is 4.57 Å². The van der Waals surface area contributed by atoms with Gasteiger partial charge in [-0.15, -0.1) is 11.3 Å². The maximum absolute atomic E-state index is 13.0. The second-order valence-corrected chi connectivity index (χ2v) is 9.38. The zero-order valence-corrected chi connectivity index (χ0v) is 19.9. The number of thiazole rings is 1. The van der Waals surface area contributed by atoms with Gasteiger partial charge in [0.25, 0.3) is 0 Å². The van der Waals surface area contributed by atoms with Gasteiger partial charge in [0, 0.05) is 20.9 Å². The fourth-order valence-electron chi connectivity index (χ4n) is 3.35. The van der Waals surface area contributed by atoms with Crippen LogP contribution in [-0.2, 0) is 0 Å². The van der Waals surface area contributed by atoms with Crippen LogP contribution in [0.1, 0.15) is 0 Å². The molecule has 5 aromatic rings. The first-order valence-corrected chi connectivity index (χ1v) is 11.9. The molecule has 0 N–H and O–H groups in total. The van der Waals surface area contributed by atoms with E-state index in [0.717, 1.165) is 36.2 Å². The van der Waals surface area contributed by atoms with Gasteiger partial charge >= 0.3 is 5.63 Å². The SMILES string of the molecule is O=c1oc2c(Br)cc(Br)cc2cc1-c1csc(=Nc2ccccc2)n1-c1ccccc1. The Bertz CT molecular complexity index is 1520. The summed E-state index contributed by atoms with van der Waals surface area (Å²) in [6, 6.07) is 25.3. The van der Waals surface area contributed by atoms with Crippen LogP contribution < -0.4 is 10.4 Å². The van der Waals surface area contributed by atoms with Gasteiger partial charge in [0.15, 0.2) is 10.4 Å². The number of fused-ring (bicyclic) bond motifs is 1. The molecule has 0 amide bonds. The molecule has 0 aliphatic carbocycles. The molecular weight excluding hydrogens is 540 g/mol. The number of para-hydroxylation sites is 2. The van der Waals surface area contributed by atoms with E-state index in [1.165, 1.54) is 11.3 Å². The molecule has 0 atom stereocenters. The predicted molar refractivity (Wildman–Crippen MR) is 132 cm³/mol. The summed E-state index contributed by atoms with van der Waals surface area (Å²) in [5.41, 5.74) is 3.10. The van der Waals surface area contributed by atoms with E-state index in [0.29, 0.717) is 11.1 Å². The molecule has 152 valence electrons. The minimum absolute atomic E-state index is 0.399. The standard InChI is InChI=1S/C24H14Br2N2O2S/c25-16-11-15-12-19(23(29)30-22(15)20(26)13-16)21-14-31-24(27-17-7-3-1-4-8-17)28(21)18-9-5-2-6-10-18/h1-14H. The first-order chi connectivity index (χ1) is 15.1. The summed E-state index contributed by atoms with van der Waals surface area (Å²) in [5.74, 6) is 0. The van der Waals surface area contributed by atoms with E-state index >= 15 is 0 Å². The minimum Gasteiger partial charge on any atom is -0.421 e. The summed E-state index contributed by atoms with van der Waals surface area (Å²) in [6.07, 6.45) is 0. The number of aromatic nitrogens is 1. The molecule has 0 fully saturated rings. The van der Waals surface area contributed by atoms with Crippen molar-refractivity contribution in [3.8, 4) is 16.9 Å². The molecule has 0 aliphatic heterocycles. The van der Waals surface area contributed by atoms with Crippen LogP contribution >= 0.6 is 43.2 Å².